The standard InChI is InChI=1S/C34H37NO5/c1-7-9-10-15-39-27-14-12-24(19-29(27)38-8-2)31-30-32(36)26-17-22(5)23(6)18-28(26)40-33(30)34(37)35(31)25-13-11-20(3)21(4)16-25/h11-14,16-19,31H,7-10,15H2,1-6H3. The molecule has 0 radical (unpaired) electrons. The largest absolute Gasteiger partial charge is 0.490 e. The minimum atomic E-state index is -0.680. The van der Waals surface area contributed by atoms with Gasteiger partial charge in [0.15, 0.2) is 16.9 Å². The summed E-state index contributed by atoms with van der Waals surface area (Å²) in [5.74, 6) is 0.995. The van der Waals surface area contributed by atoms with E-state index in [9.17, 15) is 9.59 Å². The lowest BCUT2D eigenvalue weighted by atomic mass is 9.96. The number of carbonyl (C=O) groups is 1. The molecule has 1 aromatic heterocycles. The average molecular weight is 540 g/mol. The number of amides is 1. The third-order valence-electron chi connectivity index (χ3n) is 7.84. The van der Waals surface area contributed by atoms with Crippen LogP contribution in [0, 0.1) is 27.7 Å². The number of nitrogens with zero attached hydrogens (tertiary/aromatic N) is 1. The molecule has 6 heteroatoms. The molecular formula is C34H37NO5. The van der Waals surface area contributed by atoms with Gasteiger partial charge in [0.05, 0.1) is 30.2 Å². The Hall–Kier alpha value is -4.06. The summed E-state index contributed by atoms with van der Waals surface area (Å²) in [4.78, 5) is 29.8. The second-order valence-corrected chi connectivity index (χ2v) is 10.6. The zero-order chi connectivity index (χ0) is 28.6. The minimum Gasteiger partial charge on any atom is -0.490 e. The van der Waals surface area contributed by atoms with Crippen LogP contribution >= 0.6 is 0 Å². The van der Waals surface area contributed by atoms with Crippen molar-refractivity contribution in [3.8, 4) is 11.5 Å². The highest BCUT2D eigenvalue weighted by molar-refractivity contribution is 6.10. The van der Waals surface area contributed by atoms with Crippen molar-refractivity contribution in [1.29, 1.82) is 0 Å². The lowest BCUT2D eigenvalue weighted by Crippen LogP contribution is -2.29. The van der Waals surface area contributed by atoms with Crippen molar-refractivity contribution in [3.63, 3.8) is 0 Å². The van der Waals surface area contributed by atoms with Crippen LogP contribution in [0.1, 0.15) is 83.1 Å². The zero-order valence-electron chi connectivity index (χ0n) is 24.2. The van der Waals surface area contributed by atoms with E-state index >= 15 is 0 Å². The number of aryl methyl sites for hydroxylation is 4. The second-order valence-electron chi connectivity index (χ2n) is 10.6. The molecule has 0 aliphatic carbocycles. The quantitative estimate of drug-likeness (QED) is 0.204. The van der Waals surface area contributed by atoms with E-state index < -0.39 is 6.04 Å². The van der Waals surface area contributed by atoms with Gasteiger partial charge in [-0.1, -0.05) is 31.9 Å². The van der Waals surface area contributed by atoms with Crippen LogP contribution < -0.4 is 19.8 Å². The summed E-state index contributed by atoms with van der Waals surface area (Å²) in [6.07, 6.45) is 3.17. The number of carbonyl (C=O) groups excluding carboxylic acids is 1. The second kappa shape index (κ2) is 11.2. The number of fused-ring (bicyclic) bond motifs is 2. The first-order chi connectivity index (χ1) is 19.2. The van der Waals surface area contributed by atoms with Gasteiger partial charge >= 0.3 is 0 Å². The smallest absolute Gasteiger partial charge is 0.295 e. The first kappa shape index (κ1) is 27.5. The van der Waals surface area contributed by atoms with E-state index in [0.29, 0.717) is 46.9 Å². The fraction of sp³-hybridized carbons (Fsp3) is 0.353. The molecule has 1 aliphatic heterocycles. The Balaban J connectivity index is 1.71. The highest BCUT2D eigenvalue weighted by Crippen LogP contribution is 2.44. The normalized spacial score (nSPS) is 14.6. The molecule has 3 aromatic carbocycles. The van der Waals surface area contributed by atoms with Crippen molar-refractivity contribution in [3.05, 3.63) is 97.9 Å². The van der Waals surface area contributed by atoms with E-state index in [-0.39, 0.29) is 17.1 Å². The molecule has 0 saturated heterocycles. The summed E-state index contributed by atoms with van der Waals surface area (Å²) < 4.78 is 18.3. The summed E-state index contributed by atoms with van der Waals surface area (Å²) in [5.41, 5.74) is 6.21. The molecule has 1 atom stereocenters. The summed E-state index contributed by atoms with van der Waals surface area (Å²) in [6, 6.07) is 14.6. The Morgan fingerprint density at radius 3 is 2.27 bits per heavy atom. The van der Waals surface area contributed by atoms with Crippen LogP contribution in [-0.4, -0.2) is 19.1 Å². The van der Waals surface area contributed by atoms with E-state index in [1.807, 2.05) is 83.1 Å². The molecule has 208 valence electrons. The number of hydrogen-bond donors (Lipinski definition) is 0. The molecule has 40 heavy (non-hydrogen) atoms. The van der Waals surface area contributed by atoms with E-state index in [1.165, 1.54) is 0 Å². The summed E-state index contributed by atoms with van der Waals surface area (Å²) in [5, 5.41) is 0.475. The Labute approximate surface area is 235 Å². The van der Waals surface area contributed by atoms with Gasteiger partial charge in [-0.15, -0.1) is 0 Å². The third kappa shape index (κ3) is 4.87. The SMILES string of the molecule is CCCCCOc1ccc(C2c3c(oc4cc(C)c(C)cc4c3=O)C(=O)N2c2ccc(C)c(C)c2)cc1OCC. The van der Waals surface area contributed by atoms with Crippen molar-refractivity contribution in [2.45, 2.75) is 66.8 Å². The van der Waals surface area contributed by atoms with Gasteiger partial charge in [-0.25, -0.2) is 0 Å². The Morgan fingerprint density at radius 1 is 0.800 bits per heavy atom. The van der Waals surface area contributed by atoms with Crippen LogP contribution in [0.4, 0.5) is 5.69 Å². The van der Waals surface area contributed by atoms with Gasteiger partial charge in [0, 0.05) is 5.69 Å². The molecule has 6 nitrogen and oxygen atoms in total. The van der Waals surface area contributed by atoms with Crippen LogP contribution in [-0.2, 0) is 0 Å². The number of hydrogen-bond acceptors (Lipinski definition) is 5. The molecular weight excluding hydrogens is 502 g/mol. The molecule has 1 aliphatic rings. The molecule has 1 amide bonds. The van der Waals surface area contributed by atoms with Gasteiger partial charge in [0.2, 0.25) is 5.76 Å². The average Bonchev–Trinajstić information content (AvgIpc) is 3.22. The van der Waals surface area contributed by atoms with Crippen LogP contribution in [0.5, 0.6) is 11.5 Å². The molecule has 1 unspecified atom stereocenters. The molecule has 0 saturated carbocycles. The monoisotopic (exact) mass is 539 g/mol. The number of rotatable bonds is 9. The maximum Gasteiger partial charge on any atom is 0.295 e. The summed E-state index contributed by atoms with van der Waals surface area (Å²) in [6.45, 7) is 13.1. The van der Waals surface area contributed by atoms with Crippen LogP contribution in [0.3, 0.4) is 0 Å². The van der Waals surface area contributed by atoms with Crippen molar-refractivity contribution in [2.24, 2.45) is 0 Å². The fourth-order valence-electron chi connectivity index (χ4n) is 5.30. The van der Waals surface area contributed by atoms with Crippen LogP contribution in [0.15, 0.2) is 57.7 Å². The number of ether oxygens (including phenoxy) is 2. The zero-order valence-corrected chi connectivity index (χ0v) is 24.2. The molecule has 0 N–H and O–H groups in total. The molecule has 0 fully saturated rings. The maximum atomic E-state index is 14.1. The maximum absolute atomic E-state index is 14.1. The van der Waals surface area contributed by atoms with E-state index in [1.54, 1.807) is 4.90 Å². The summed E-state index contributed by atoms with van der Waals surface area (Å²) >= 11 is 0. The Kier molecular flexibility index (Phi) is 7.70. The lowest BCUT2D eigenvalue weighted by Gasteiger charge is -2.26. The van der Waals surface area contributed by atoms with Gasteiger partial charge in [-0.05, 0) is 105 Å². The number of anilines is 1. The van der Waals surface area contributed by atoms with Crippen molar-refractivity contribution in [2.75, 3.05) is 18.1 Å². The van der Waals surface area contributed by atoms with Gasteiger partial charge in [0.1, 0.15) is 5.58 Å². The molecule has 0 bridgehead atoms. The van der Waals surface area contributed by atoms with Gasteiger partial charge in [0.25, 0.3) is 5.91 Å². The first-order valence-corrected chi connectivity index (χ1v) is 14.1. The predicted octanol–water partition coefficient (Wildman–Crippen LogP) is 7.74. The topological polar surface area (TPSA) is 69.0 Å². The van der Waals surface area contributed by atoms with Crippen molar-refractivity contribution >= 4 is 22.6 Å². The van der Waals surface area contributed by atoms with E-state index in [4.69, 9.17) is 13.9 Å². The van der Waals surface area contributed by atoms with Gasteiger partial charge < -0.3 is 13.9 Å². The van der Waals surface area contributed by atoms with Crippen molar-refractivity contribution in [1.82, 2.24) is 0 Å². The lowest BCUT2D eigenvalue weighted by molar-refractivity contribution is 0.0971. The van der Waals surface area contributed by atoms with Crippen molar-refractivity contribution < 1.29 is 18.7 Å². The van der Waals surface area contributed by atoms with Gasteiger partial charge in [-0.3, -0.25) is 14.5 Å². The third-order valence-corrected chi connectivity index (χ3v) is 7.84. The molecule has 0 spiro atoms. The Bertz CT molecular complexity index is 1650. The number of benzene rings is 3. The first-order valence-electron chi connectivity index (χ1n) is 14.1. The minimum absolute atomic E-state index is 0.0850. The van der Waals surface area contributed by atoms with Crippen LogP contribution in [0.25, 0.3) is 11.0 Å². The fourth-order valence-corrected chi connectivity index (χ4v) is 5.30. The molecule has 4 aromatic rings. The highest BCUT2D eigenvalue weighted by Gasteiger charge is 2.44. The molecule has 5 rings (SSSR count). The van der Waals surface area contributed by atoms with E-state index in [0.717, 1.165) is 47.1 Å². The highest BCUT2D eigenvalue weighted by atomic mass is 16.5. The van der Waals surface area contributed by atoms with E-state index in [2.05, 4.69) is 6.92 Å². The Morgan fingerprint density at radius 2 is 1.55 bits per heavy atom. The summed E-state index contributed by atoms with van der Waals surface area (Å²) in [7, 11) is 0. The molecule has 2 heterocycles. The predicted molar refractivity (Wildman–Crippen MR) is 159 cm³/mol. The number of unbranched alkanes of at least 4 members (excludes halogenated alkanes) is 2. The van der Waals surface area contributed by atoms with Crippen LogP contribution in [0.2, 0.25) is 0 Å². The van der Waals surface area contributed by atoms with Gasteiger partial charge in [-0.2, -0.15) is 0 Å².